The SMILES string of the molecule is O=C(O)/C=C(/C(=O)O)C(=O)C(O)CO. The third-order valence-corrected chi connectivity index (χ3v) is 1.24. The molecule has 0 fully saturated rings. The molecule has 0 aliphatic heterocycles. The molecule has 0 heterocycles. The van der Waals surface area contributed by atoms with Crippen molar-refractivity contribution in [1.29, 1.82) is 0 Å². The number of hydrogen-bond acceptors (Lipinski definition) is 5. The molecule has 0 aliphatic rings. The van der Waals surface area contributed by atoms with Gasteiger partial charge in [-0.3, -0.25) is 4.79 Å². The van der Waals surface area contributed by atoms with Crippen molar-refractivity contribution in [3.8, 4) is 0 Å². The van der Waals surface area contributed by atoms with Crippen molar-refractivity contribution in [2.24, 2.45) is 0 Å². The molecule has 4 N–H and O–H groups in total. The van der Waals surface area contributed by atoms with Crippen LogP contribution in [0, 0.1) is 0 Å². The molecule has 1 atom stereocenters. The molecular formula is C7H8O7. The zero-order valence-corrected chi connectivity index (χ0v) is 6.88. The quantitative estimate of drug-likeness (QED) is 0.231. The third-order valence-electron chi connectivity index (χ3n) is 1.24. The maximum absolute atomic E-state index is 10.9. The van der Waals surface area contributed by atoms with E-state index in [1.165, 1.54) is 0 Å². The van der Waals surface area contributed by atoms with E-state index in [1.54, 1.807) is 0 Å². The Morgan fingerprint density at radius 3 is 2.00 bits per heavy atom. The molecule has 7 heteroatoms. The molecule has 0 aromatic rings. The summed E-state index contributed by atoms with van der Waals surface area (Å²) in [6, 6.07) is 0. The predicted molar refractivity (Wildman–Crippen MR) is 41.5 cm³/mol. The van der Waals surface area contributed by atoms with Gasteiger partial charge in [-0.2, -0.15) is 0 Å². The lowest BCUT2D eigenvalue weighted by atomic mass is 10.1. The monoisotopic (exact) mass is 204 g/mol. The van der Waals surface area contributed by atoms with E-state index >= 15 is 0 Å². The second kappa shape index (κ2) is 5.10. The van der Waals surface area contributed by atoms with E-state index in [9.17, 15) is 14.4 Å². The highest BCUT2D eigenvalue weighted by Gasteiger charge is 2.24. The number of carboxylic acids is 2. The number of aliphatic carboxylic acids is 2. The first-order valence-corrected chi connectivity index (χ1v) is 3.41. The summed E-state index contributed by atoms with van der Waals surface area (Å²) in [7, 11) is 0. The summed E-state index contributed by atoms with van der Waals surface area (Å²) in [6.45, 7) is -0.969. The molecule has 0 aromatic heterocycles. The van der Waals surface area contributed by atoms with Gasteiger partial charge in [0, 0.05) is 6.08 Å². The number of Topliss-reactive ketones (excluding diaryl/α,β-unsaturated/α-hetero) is 1. The van der Waals surface area contributed by atoms with Gasteiger partial charge < -0.3 is 20.4 Å². The molecule has 78 valence electrons. The van der Waals surface area contributed by atoms with E-state index in [2.05, 4.69) is 0 Å². The van der Waals surface area contributed by atoms with Crippen molar-refractivity contribution >= 4 is 17.7 Å². The summed E-state index contributed by atoms with van der Waals surface area (Å²) in [6.07, 6.45) is -1.76. The summed E-state index contributed by atoms with van der Waals surface area (Å²) < 4.78 is 0. The first kappa shape index (κ1) is 12.3. The number of aliphatic hydroxyl groups excluding tert-OH is 2. The van der Waals surface area contributed by atoms with Crippen LogP contribution in [-0.4, -0.2) is 50.9 Å². The Morgan fingerprint density at radius 2 is 1.71 bits per heavy atom. The van der Waals surface area contributed by atoms with Crippen molar-refractivity contribution in [2.75, 3.05) is 6.61 Å². The van der Waals surface area contributed by atoms with Crippen molar-refractivity contribution in [3.05, 3.63) is 11.6 Å². The van der Waals surface area contributed by atoms with Crippen LogP contribution in [0.4, 0.5) is 0 Å². The normalized spacial score (nSPS) is 13.4. The average Bonchev–Trinajstić information content (AvgIpc) is 2.11. The molecule has 0 radical (unpaired) electrons. The van der Waals surface area contributed by atoms with Crippen LogP contribution in [0.15, 0.2) is 11.6 Å². The fourth-order valence-electron chi connectivity index (χ4n) is 0.624. The molecule has 1 unspecified atom stereocenters. The van der Waals surface area contributed by atoms with Gasteiger partial charge in [-0.05, 0) is 0 Å². The third kappa shape index (κ3) is 3.33. The molecule has 0 rings (SSSR count). The summed E-state index contributed by atoms with van der Waals surface area (Å²) >= 11 is 0. The number of carboxylic acid groups (broad SMARTS) is 2. The Balaban J connectivity index is 4.95. The summed E-state index contributed by atoms with van der Waals surface area (Å²) in [5.74, 6) is -4.74. The minimum Gasteiger partial charge on any atom is -0.478 e. The molecule has 0 spiro atoms. The summed E-state index contributed by atoms with van der Waals surface area (Å²) in [4.78, 5) is 31.4. The standard InChI is InChI=1S/C7H8O7/c8-2-4(9)6(12)3(7(13)14)1-5(10)11/h1,4,8-9H,2H2,(H,10,11)(H,13,14)/b3-1+. The Kier molecular flexibility index (Phi) is 4.47. The smallest absolute Gasteiger partial charge is 0.339 e. The fraction of sp³-hybridized carbons (Fsp3) is 0.286. The Hall–Kier alpha value is -1.73. The van der Waals surface area contributed by atoms with Crippen LogP contribution in [0.1, 0.15) is 0 Å². The van der Waals surface area contributed by atoms with E-state index in [4.69, 9.17) is 20.4 Å². The zero-order chi connectivity index (χ0) is 11.3. The van der Waals surface area contributed by atoms with Gasteiger partial charge in [0.25, 0.3) is 0 Å². The Labute approximate surface area is 77.9 Å². The number of aliphatic hydroxyl groups is 2. The van der Waals surface area contributed by atoms with Crippen LogP contribution < -0.4 is 0 Å². The Bertz CT molecular complexity index is 290. The second-order valence-corrected chi connectivity index (χ2v) is 2.26. The van der Waals surface area contributed by atoms with Crippen molar-refractivity contribution < 1.29 is 34.8 Å². The summed E-state index contributed by atoms with van der Waals surface area (Å²) in [5, 5.41) is 33.7. The average molecular weight is 204 g/mol. The van der Waals surface area contributed by atoms with Gasteiger partial charge in [-0.25, -0.2) is 9.59 Å². The molecule has 14 heavy (non-hydrogen) atoms. The molecule has 0 aliphatic carbocycles. The molecule has 7 nitrogen and oxygen atoms in total. The van der Waals surface area contributed by atoms with Gasteiger partial charge in [0.05, 0.1) is 6.61 Å². The second-order valence-electron chi connectivity index (χ2n) is 2.26. The van der Waals surface area contributed by atoms with Gasteiger partial charge in [0.1, 0.15) is 11.7 Å². The fourth-order valence-corrected chi connectivity index (χ4v) is 0.624. The molecule has 0 amide bonds. The van der Waals surface area contributed by atoms with Crippen LogP contribution in [-0.2, 0) is 14.4 Å². The van der Waals surface area contributed by atoms with Gasteiger partial charge in [0.15, 0.2) is 0 Å². The molecular weight excluding hydrogens is 196 g/mol. The van der Waals surface area contributed by atoms with E-state index in [0.29, 0.717) is 0 Å². The van der Waals surface area contributed by atoms with E-state index < -0.39 is 36.0 Å². The van der Waals surface area contributed by atoms with Crippen LogP contribution >= 0.6 is 0 Å². The first-order chi connectivity index (χ1) is 6.40. The number of hydrogen-bond donors (Lipinski definition) is 4. The van der Waals surface area contributed by atoms with Gasteiger partial charge in [-0.15, -0.1) is 0 Å². The van der Waals surface area contributed by atoms with Crippen LogP contribution in [0.25, 0.3) is 0 Å². The highest BCUT2D eigenvalue weighted by Crippen LogP contribution is 2.01. The van der Waals surface area contributed by atoms with Crippen molar-refractivity contribution in [2.45, 2.75) is 6.10 Å². The molecule has 0 aromatic carbocycles. The maximum Gasteiger partial charge on any atom is 0.339 e. The van der Waals surface area contributed by atoms with Crippen molar-refractivity contribution in [1.82, 2.24) is 0 Å². The number of carbonyl (C=O) groups is 3. The lowest BCUT2D eigenvalue weighted by Gasteiger charge is -2.05. The number of carbonyl (C=O) groups excluding carboxylic acids is 1. The van der Waals surface area contributed by atoms with Gasteiger partial charge in [-0.1, -0.05) is 0 Å². The van der Waals surface area contributed by atoms with E-state index in [-0.39, 0.29) is 6.08 Å². The van der Waals surface area contributed by atoms with Crippen molar-refractivity contribution in [3.63, 3.8) is 0 Å². The summed E-state index contributed by atoms with van der Waals surface area (Å²) in [5.41, 5.74) is -1.08. The predicted octanol–water partition coefficient (Wildman–Crippen LogP) is -2.00. The van der Waals surface area contributed by atoms with E-state index in [0.717, 1.165) is 0 Å². The van der Waals surface area contributed by atoms with Gasteiger partial charge in [0.2, 0.25) is 5.78 Å². The lowest BCUT2D eigenvalue weighted by Crippen LogP contribution is -2.29. The lowest BCUT2D eigenvalue weighted by molar-refractivity contribution is -0.138. The molecule has 0 bridgehead atoms. The molecule has 0 saturated heterocycles. The topological polar surface area (TPSA) is 132 Å². The number of ketones is 1. The first-order valence-electron chi connectivity index (χ1n) is 3.41. The maximum atomic E-state index is 10.9. The zero-order valence-electron chi connectivity index (χ0n) is 6.88. The largest absolute Gasteiger partial charge is 0.478 e. The highest BCUT2D eigenvalue weighted by molar-refractivity contribution is 6.20. The van der Waals surface area contributed by atoms with Crippen LogP contribution in [0.5, 0.6) is 0 Å². The van der Waals surface area contributed by atoms with Crippen LogP contribution in [0.2, 0.25) is 0 Å². The Morgan fingerprint density at radius 1 is 1.21 bits per heavy atom. The van der Waals surface area contributed by atoms with Gasteiger partial charge >= 0.3 is 11.9 Å². The minimum absolute atomic E-state index is 0.156. The molecule has 0 saturated carbocycles. The highest BCUT2D eigenvalue weighted by atomic mass is 16.4. The van der Waals surface area contributed by atoms with E-state index in [1.807, 2.05) is 0 Å². The van der Waals surface area contributed by atoms with Crippen LogP contribution in [0.3, 0.4) is 0 Å². The number of rotatable bonds is 5. The minimum atomic E-state index is -1.92.